The summed E-state index contributed by atoms with van der Waals surface area (Å²) in [7, 11) is 0. The Morgan fingerprint density at radius 3 is 1.55 bits per heavy atom. The van der Waals surface area contributed by atoms with E-state index >= 15 is 0 Å². The Labute approximate surface area is 324 Å². The van der Waals surface area contributed by atoms with E-state index in [9.17, 15) is 0 Å². The van der Waals surface area contributed by atoms with E-state index in [0.29, 0.717) is 0 Å². The third-order valence-corrected chi connectivity index (χ3v) is 12.9. The average Bonchev–Trinajstić information content (AvgIpc) is 3.84. The monoisotopic (exact) mass is 703 g/mol. The van der Waals surface area contributed by atoms with Crippen LogP contribution >= 0.6 is 0 Å². The second-order valence-electron chi connectivity index (χ2n) is 16.2. The maximum absolute atomic E-state index is 2.54. The molecule has 1 nitrogen and oxygen atoms in total. The van der Waals surface area contributed by atoms with Gasteiger partial charge in [0.2, 0.25) is 0 Å². The van der Waals surface area contributed by atoms with Crippen LogP contribution in [0.3, 0.4) is 0 Å². The molecule has 0 radical (unpaired) electrons. The van der Waals surface area contributed by atoms with Crippen molar-refractivity contribution in [1.29, 1.82) is 0 Å². The van der Waals surface area contributed by atoms with Gasteiger partial charge < -0.3 is 4.90 Å². The van der Waals surface area contributed by atoms with Gasteiger partial charge in [0, 0.05) is 27.8 Å². The highest BCUT2D eigenvalue weighted by molar-refractivity contribution is 5.93. The van der Waals surface area contributed by atoms with Gasteiger partial charge in [0.15, 0.2) is 0 Å². The smallest absolute Gasteiger partial charge is 0.0540 e. The van der Waals surface area contributed by atoms with Crippen LogP contribution < -0.4 is 4.90 Å². The van der Waals surface area contributed by atoms with E-state index in [-0.39, 0.29) is 10.8 Å². The summed E-state index contributed by atoms with van der Waals surface area (Å²) in [5.74, 6) is 0. The topological polar surface area (TPSA) is 3.24 Å². The molecule has 0 aliphatic heterocycles. The zero-order valence-corrected chi connectivity index (χ0v) is 31.3. The third-order valence-electron chi connectivity index (χ3n) is 12.9. The van der Waals surface area contributed by atoms with Crippen molar-refractivity contribution < 1.29 is 0 Å². The minimum atomic E-state index is -0.151. The summed E-state index contributed by atoms with van der Waals surface area (Å²) >= 11 is 0. The van der Waals surface area contributed by atoms with Gasteiger partial charge in [-0.2, -0.15) is 0 Å². The van der Waals surface area contributed by atoms with Crippen LogP contribution in [0.25, 0.3) is 44.5 Å². The zero-order valence-electron chi connectivity index (χ0n) is 31.3. The molecule has 0 unspecified atom stereocenters. The maximum atomic E-state index is 2.54. The first-order valence-electron chi connectivity index (χ1n) is 19.6. The molecule has 0 fully saturated rings. The molecular formula is C54H41N. The predicted octanol–water partition coefficient (Wildman–Crippen LogP) is 13.9. The van der Waals surface area contributed by atoms with E-state index in [4.69, 9.17) is 0 Å². The fraction of sp³-hybridized carbons (Fsp3) is 0.111. The second kappa shape index (κ2) is 12.0. The molecule has 1 heteroatoms. The van der Waals surface area contributed by atoms with Crippen LogP contribution in [0.4, 0.5) is 17.1 Å². The molecule has 3 aliphatic rings. The predicted molar refractivity (Wildman–Crippen MR) is 230 cm³/mol. The Bertz CT molecular complexity index is 2770. The molecule has 11 rings (SSSR count). The normalized spacial score (nSPS) is 14.9. The van der Waals surface area contributed by atoms with Crippen molar-refractivity contribution in [2.24, 2.45) is 0 Å². The Morgan fingerprint density at radius 2 is 0.855 bits per heavy atom. The van der Waals surface area contributed by atoms with E-state index in [1.807, 2.05) is 0 Å². The number of rotatable bonds is 5. The molecule has 8 aromatic carbocycles. The largest absolute Gasteiger partial charge is 0.310 e. The first-order chi connectivity index (χ1) is 27.0. The summed E-state index contributed by atoms with van der Waals surface area (Å²) in [6.07, 6.45) is 1.99. The van der Waals surface area contributed by atoms with Gasteiger partial charge in [-0.3, -0.25) is 0 Å². The van der Waals surface area contributed by atoms with Crippen molar-refractivity contribution >= 4 is 17.1 Å². The molecule has 0 amide bonds. The highest BCUT2D eigenvalue weighted by Gasteiger charge is 2.47. The minimum Gasteiger partial charge on any atom is -0.310 e. The first kappa shape index (κ1) is 32.0. The summed E-state index contributed by atoms with van der Waals surface area (Å²) in [6, 6.07) is 70.4. The van der Waals surface area contributed by atoms with Gasteiger partial charge in [-0.25, -0.2) is 0 Å². The molecule has 0 saturated carbocycles. The van der Waals surface area contributed by atoms with Gasteiger partial charge in [-0.1, -0.05) is 166 Å². The van der Waals surface area contributed by atoms with Crippen molar-refractivity contribution in [1.82, 2.24) is 0 Å². The van der Waals surface area contributed by atoms with Crippen LogP contribution in [0.1, 0.15) is 47.2 Å². The van der Waals surface area contributed by atoms with Gasteiger partial charge in [-0.05, 0) is 122 Å². The van der Waals surface area contributed by atoms with E-state index in [2.05, 4.69) is 207 Å². The molecular weight excluding hydrogens is 663 g/mol. The van der Waals surface area contributed by atoms with Crippen molar-refractivity contribution in [3.8, 4) is 44.5 Å². The van der Waals surface area contributed by atoms with E-state index in [0.717, 1.165) is 12.8 Å². The lowest BCUT2D eigenvalue weighted by Crippen LogP contribution is -2.26. The van der Waals surface area contributed by atoms with E-state index in [1.165, 1.54) is 95.0 Å². The lowest BCUT2D eigenvalue weighted by molar-refractivity contribution is 0.564. The number of hydrogen-bond donors (Lipinski definition) is 0. The van der Waals surface area contributed by atoms with Crippen LogP contribution in [0.15, 0.2) is 188 Å². The van der Waals surface area contributed by atoms with Crippen LogP contribution in [-0.4, -0.2) is 0 Å². The first-order valence-corrected chi connectivity index (χ1v) is 19.6. The van der Waals surface area contributed by atoms with Gasteiger partial charge in [-0.15, -0.1) is 0 Å². The second-order valence-corrected chi connectivity index (χ2v) is 16.2. The summed E-state index contributed by atoms with van der Waals surface area (Å²) in [6.45, 7) is 4.75. The van der Waals surface area contributed by atoms with Crippen molar-refractivity contribution in [3.63, 3.8) is 0 Å². The fourth-order valence-electron chi connectivity index (χ4n) is 10.2. The van der Waals surface area contributed by atoms with Gasteiger partial charge in [0.25, 0.3) is 0 Å². The maximum Gasteiger partial charge on any atom is 0.0540 e. The number of fused-ring (bicyclic) bond motifs is 9. The summed E-state index contributed by atoms with van der Waals surface area (Å²) < 4.78 is 0. The zero-order chi connectivity index (χ0) is 36.7. The highest BCUT2D eigenvalue weighted by Crippen LogP contribution is 2.58. The van der Waals surface area contributed by atoms with Crippen molar-refractivity contribution in [3.05, 3.63) is 221 Å². The summed E-state index contributed by atoms with van der Waals surface area (Å²) in [4.78, 5) is 2.52. The molecule has 0 bridgehead atoms. The highest BCUT2D eigenvalue weighted by atomic mass is 15.1. The Balaban J connectivity index is 1.13. The van der Waals surface area contributed by atoms with Crippen LogP contribution in [0.5, 0.6) is 0 Å². The quantitative estimate of drug-likeness (QED) is 0.172. The molecule has 0 atom stereocenters. The molecule has 3 aliphatic carbocycles. The van der Waals surface area contributed by atoms with Gasteiger partial charge in [0.1, 0.15) is 0 Å². The number of nitrogens with zero attached hydrogens (tertiary/aromatic N) is 1. The molecule has 0 heterocycles. The van der Waals surface area contributed by atoms with Crippen LogP contribution in [-0.2, 0) is 23.7 Å². The standard InChI is InChI=1S/C54H41N/c1-53(2)48-23-13-11-22-44(48)45-29-26-41(32-49(45)53)55(52-24-14-12-21-43(52)37-17-7-4-8-18-37)42-27-30-47-46-28-25-38(36-15-5-3-6-16-36)31-50(46)54(51(47)33-42)34-39-19-9-10-20-40(39)35-54/h3-33H,34-35H2,1-2H3. The number of benzene rings is 8. The molecule has 1 spiro atoms. The fourth-order valence-corrected chi connectivity index (χ4v) is 10.2. The van der Waals surface area contributed by atoms with E-state index in [1.54, 1.807) is 0 Å². The van der Waals surface area contributed by atoms with Crippen LogP contribution in [0.2, 0.25) is 0 Å². The van der Waals surface area contributed by atoms with Crippen molar-refractivity contribution in [2.45, 2.75) is 37.5 Å². The number of anilines is 3. The molecule has 0 saturated heterocycles. The lowest BCUT2D eigenvalue weighted by Gasteiger charge is -2.32. The Morgan fingerprint density at radius 1 is 0.364 bits per heavy atom. The SMILES string of the molecule is CC1(C)c2ccccc2-c2ccc(N(c3ccc4c(c3)C3(Cc5ccccc5C3)c3cc(-c5ccccc5)ccc3-4)c3ccccc3-c3ccccc3)cc21. The molecule has 0 aromatic heterocycles. The minimum absolute atomic E-state index is 0.109. The molecule has 262 valence electrons. The molecule has 8 aromatic rings. The summed E-state index contributed by atoms with van der Waals surface area (Å²) in [5, 5.41) is 0. The van der Waals surface area contributed by atoms with Crippen LogP contribution in [0, 0.1) is 0 Å². The van der Waals surface area contributed by atoms with E-state index < -0.39 is 0 Å². The van der Waals surface area contributed by atoms with Gasteiger partial charge >= 0.3 is 0 Å². The van der Waals surface area contributed by atoms with Crippen molar-refractivity contribution in [2.75, 3.05) is 4.90 Å². The Kier molecular flexibility index (Phi) is 7.01. The average molecular weight is 704 g/mol. The Hall–Kier alpha value is -6.44. The van der Waals surface area contributed by atoms with Gasteiger partial charge in [0.05, 0.1) is 5.69 Å². The number of hydrogen-bond acceptors (Lipinski definition) is 1. The number of para-hydroxylation sites is 1. The molecule has 0 N–H and O–H groups in total. The lowest BCUT2D eigenvalue weighted by atomic mass is 9.75. The summed E-state index contributed by atoms with van der Waals surface area (Å²) in [5.41, 5.74) is 22.2. The third kappa shape index (κ3) is 4.79. The molecule has 55 heavy (non-hydrogen) atoms.